The van der Waals surface area contributed by atoms with E-state index < -0.39 is 8.07 Å². The fraction of sp³-hybridized carbons (Fsp3) is 0.786. The van der Waals surface area contributed by atoms with Gasteiger partial charge >= 0.3 is 5.97 Å². The summed E-state index contributed by atoms with van der Waals surface area (Å²) in [6.45, 7) is 13.1. The van der Waals surface area contributed by atoms with Crippen molar-refractivity contribution in [3.63, 3.8) is 0 Å². The van der Waals surface area contributed by atoms with Crippen LogP contribution in [0.3, 0.4) is 0 Å². The molecule has 0 heterocycles. The van der Waals surface area contributed by atoms with Gasteiger partial charge in [0, 0.05) is 5.57 Å². The summed E-state index contributed by atoms with van der Waals surface area (Å²) in [5.41, 5.74) is 0.579. The number of hydrogen-bond acceptors (Lipinski definition) is 2. The third-order valence-electron chi connectivity index (χ3n) is 4.05. The van der Waals surface area contributed by atoms with Crippen molar-refractivity contribution in [1.29, 1.82) is 0 Å². The molecule has 2 nitrogen and oxygen atoms in total. The van der Waals surface area contributed by atoms with E-state index in [1.807, 2.05) is 6.92 Å². The molecular formula is C14H28O2Si. The van der Waals surface area contributed by atoms with Gasteiger partial charge in [-0.2, -0.15) is 0 Å². The predicted octanol–water partition coefficient (Wildman–Crippen LogP) is 4.39. The third kappa shape index (κ3) is 5.53. The lowest BCUT2D eigenvalue weighted by molar-refractivity contribution is -0.139. The lowest BCUT2D eigenvalue weighted by Gasteiger charge is -2.27. The van der Waals surface area contributed by atoms with Crippen LogP contribution in [0, 0.1) is 0 Å². The first-order chi connectivity index (χ1) is 8.05. The lowest BCUT2D eigenvalue weighted by atomic mass is 10.2. The van der Waals surface area contributed by atoms with Crippen molar-refractivity contribution in [3.05, 3.63) is 12.2 Å². The Balaban J connectivity index is 3.91. The van der Waals surface area contributed by atoms with Gasteiger partial charge in [-0.15, -0.1) is 0 Å². The van der Waals surface area contributed by atoms with Gasteiger partial charge in [0.2, 0.25) is 0 Å². The van der Waals surface area contributed by atoms with Crippen molar-refractivity contribution in [3.8, 4) is 0 Å². The zero-order valence-corrected chi connectivity index (χ0v) is 13.0. The van der Waals surface area contributed by atoms with E-state index in [1.165, 1.54) is 24.2 Å². The van der Waals surface area contributed by atoms with E-state index in [4.69, 9.17) is 4.74 Å². The van der Waals surface area contributed by atoms with Crippen LogP contribution in [0.15, 0.2) is 12.2 Å². The number of carbonyl (C=O) groups excluding carboxylic acids is 1. The van der Waals surface area contributed by atoms with Gasteiger partial charge in [-0.05, 0) is 12.8 Å². The van der Waals surface area contributed by atoms with Gasteiger partial charge in [0.25, 0.3) is 0 Å². The molecule has 100 valence electrons. The molecule has 0 spiro atoms. The van der Waals surface area contributed by atoms with Crippen LogP contribution in [0.2, 0.25) is 24.2 Å². The molecule has 3 heteroatoms. The molecule has 0 unspecified atom stereocenters. The number of hydrogen-bond donors (Lipinski definition) is 0. The summed E-state index contributed by atoms with van der Waals surface area (Å²) < 4.78 is 5.21. The van der Waals surface area contributed by atoms with Crippen molar-refractivity contribution in [2.75, 3.05) is 6.61 Å². The molecule has 0 bridgehead atoms. The second-order valence-corrected chi connectivity index (χ2v) is 10.4. The van der Waals surface area contributed by atoms with Gasteiger partial charge in [-0.25, -0.2) is 4.79 Å². The van der Waals surface area contributed by atoms with Gasteiger partial charge in [0.1, 0.15) is 0 Å². The first-order valence-corrected chi connectivity index (χ1v) is 9.73. The Bertz CT molecular complexity index is 236. The minimum atomic E-state index is -1.04. The SMILES string of the molecule is C=C(CC)C(=O)OCCC[Si](CC)(CC)CC. The summed E-state index contributed by atoms with van der Waals surface area (Å²) in [4.78, 5) is 11.4. The van der Waals surface area contributed by atoms with Crippen molar-refractivity contribution in [2.45, 2.75) is 64.7 Å². The maximum atomic E-state index is 11.4. The Morgan fingerprint density at radius 3 is 2.06 bits per heavy atom. The molecule has 17 heavy (non-hydrogen) atoms. The summed E-state index contributed by atoms with van der Waals surface area (Å²) in [5, 5.41) is 0. The predicted molar refractivity (Wildman–Crippen MR) is 77.0 cm³/mol. The molecule has 0 atom stereocenters. The molecule has 0 amide bonds. The Labute approximate surface area is 107 Å². The van der Waals surface area contributed by atoms with E-state index in [-0.39, 0.29) is 5.97 Å². The summed E-state index contributed by atoms with van der Waals surface area (Å²) in [7, 11) is -1.04. The van der Waals surface area contributed by atoms with Crippen LogP contribution in [0.5, 0.6) is 0 Å². The van der Waals surface area contributed by atoms with Crippen LogP contribution in [0.1, 0.15) is 40.5 Å². The highest BCUT2D eigenvalue weighted by Gasteiger charge is 2.25. The highest BCUT2D eigenvalue weighted by molar-refractivity contribution is 6.79. The van der Waals surface area contributed by atoms with Crippen LogP contribution in [0.4, 0.5) is 0 Å². The van der Waals surface area contributed by atoms with Crippen molar-refractivity contribution in [2.24, 2.45) is 0 Å². The van der Waals surface area contributed by atoms with E-state index in [0.717, 1.165) is 6.42 Å². The molecule has 0 aromatic carbocycles. The molecule has 0 aromatic heterocycles. The number of esters is 1. The van der Waals surface area contributed by atoms with E-state index >= 15 is 0 Å². The average Bonchev–Trinajstić information content (AvgIpc) is 2.38. The van der Waals surface area contributed by atoms with Crippen LogP contribution >= 0.6 is 0 Å². The van der Waals surface area contributed by atoms with Crippen LogP contribution < -0.4 is 0 Å². The normalized spacial score (nSPS) is 11.3. The van der Waals surface area contributed by atoms with Crippen LogP contribution in [-0.4, -0.2) is 20.7 Å². The van der Waals surface area contributed by atoms with Gasteiger partial charge < -0.3 is 4.74 Å². The maximum absolute atomic E-state index is 11.4. The molecule has 0 aromatic rings. The molecule has 0 rings (SSSR count). The Kier molecular flexibility index (Phi) is 8.22. The summed E-state index contributed by atoms with van der Waals surface area (Å²) in [6, 6.07) is 5.31. The van der Waals surface area contributed by atoms with E-state index in [1.54, 1.807) is 0 Å². The molecule has 0 N–H and O–H groups in total. The van der Waals surface area contributed by atoms with Crippen molar-refractivity contribution in [1.82, 2.24) is 0 Å². The highest BCUT2D eigenvalue weighted by Crippen LogP contribution is 2.26. The van der Waals surface area contributed by atoms with Crippen molar-refractivity contribution < 1.29 is 9.53 Å². The molecule has 0 aliphatic heterocycles. The van der Waals surface area contributed by atoms with Gasteiger partial charge in [-0.3, -0.25) is 0 Å². The van der Waals surface area contributed by atoms with Crippen LogP contribution in [-0.2, 0) is 9.53 Å². The second kappa shape index (κ2) is 8.51. The van der Waals surface area contributed by atoms with Gasteiger partial charge in [0.15, 0.2) is 0 Å². The first kappa shape index (κ1) is 16.4. The zero-order chi connectivity index (χ0) is 13.3. The summed E-state index contributed by atoms with van der Waals surface area (Å²) in [5.74, 6) is -0.218. The highest BCUT2D eigenvalue weighted by atomic mass is 28.3. The fourth-order valence-electron chi connectivity index (χ4n) is 2.14. The molecule has 0 aliphatic carbocycles. The molecular weight excluding hydrogens is 228 g/mol. The summed E-state index contributed by atoms with van der Waals surface area (Å²) in [6.07, 6.45) is 1.70. The summed E-state index contributed by atoms with van der Waals surface area (Å²) >= 11 is 0. The van der Waals surface area contributed by atoms with Gasteiger partial charge in [-0.1, -0.05) is 58.5 Å². The standard InChI is InChI=1S/C14H28O2Si/c1-6-13(5)14(15)16-11-10-12-17(7-2,8-3)9-4/h5-12H2,1-4H3. The smallest absolute Gasteiger partial charge is 0.333 e. The molecule has 0 saturated carbocycles. The molecule has 0 saturated heterocycles. The molecule has 0 radical (unpaired) electrons. The number of ether oxygens (including phenoxy) is 1. The van der Waals surface area contributed by atoms with E-state index in [0.29, 0.717) is 18.6 Å². The topological polar surface area (TPSA) is 26.3 Å². The third-order valence-corrected chi connectivity index (χ3v) is 9.96. The quantitative estimate of drug-likeness (QED) is 0.265. The lowest BCUT2D eigenvalue weighted by Crippen LogP contribution is -2.31. The Morgan fingerprint density at radius 2 is 1.65 bits per heavy atom. The number of rotatable bonds is 9. The molecule has 0 fully saturated rings. The maximum Gasteiger partial charge on any atom is 0.333 e. The fourth-order valence-corrected chi connectivity index (χ4v) is 5.59. The minimum absolute atomic E-state index is 0.218. The minimum Gasteiger partial charge on any atom is -0.462 e. The van der Waals surface area contributed by atoms with E-state index in [2.05, 4.69) is 27.4 Å². The van der Waals surface area contributed by atoms with Crippen molar-refractivity contribution >= 4 is 14.0 Å². The second-order valence-electron chi connectivity index (χ2n) is 4.76. The number of carbonyl (C=O) groups is 1. The largest absolute Gasteiger partial charge is 0.462 e. The monoisotopic (exact) mass is 256 g/mol. The molecule has 0 aliphatic rings. The van der Waals surface area contributed by atoms with E-state index in [9.17, 15) is 4.79 Å². The average molecular weight is 256 g/mol. The Morgan fingerprint density at radius 1 is 1.12 bits per heavy atom. The first-order valence-electron chi connectivity index (χ1n) is 6.90. The van der Waals surface area contributed by atoms with Gasteiger partial charge in [0.05, 0.1) is 14.7 Å². The zero-order valence-electron chi connectivity index (χ0n) is 12.0. The Hall–Kier alpha value is -0.573. The van der Waals surface area contributed by atoms with Crippen LogP contribution in [0.25, 0.3) is 0 Å².